The lowest BCUT2D eigenvalue weighted by Crippen LogP contribution is -2.43. The number of benzene rings is 2. The largest absolute Gasteiger partial charge is 0.543 e. The Morgan fingerprint density at radius 3 is 1.81 bits per heavy atom. The summed E-state index contributed by atoms with van der Waals surface area (Å²) in [4.78, 5) is 0. The number of rotatable bonds is 6. The van der Waals surface area contributed by atoms with Gasteiger partial charge >= 0.3 is 0 Å². The second kappa shape index (κ2) is 8.00. The van der Waals surface area contributed by atoms with Gasteiger partial charge in [-0.1, -0.05) is 45.1 Å². The lowest BCUT2D eigenvalue weighted by Gasteiger charge is -2.36. The Labute approximate surface area is 158 Å². The van der Waals surface area contributed by atoms with Gasteiger partial charge in [0, 0.05) is 6.07 Å². The zero-order chi connectivity index (χ0) is 19.4. The van der Waals surface area contributed by atoms with E-state index in [1.165, 1.54) is 0 Å². The highest BCUT2D eigenvalue weighted by atomic mass is 28.4. The van der Waals surface area contributed by atoms with E-state index in [4.69, 9.17) is 13.9 Å². The Balaban J connectivity index is 2.27. The average molecular weight is 371 g/mol. The summed E-state index contributed by atoms with van der Waals surface area (Å²) in [5.74, 6) is 2.52. The van der Waals surface area contributed by atoms with Crippen molar-refractivity contribution in [2.75, 3.05) is 14.2 Å². The third-order valence-corrected chi connectivity index (χ3v) is 9.26. The first-order valence-electron chi connectivity index (χ1n) is 8.85. The predicted molar refractivity (Wildman–Crippen MR) is 113 cm³/mol. The van der Waals surface area contributed by atoms with Crippen LogP contribution in [-0.4, -0.2) is 22.5 Å². The smallest absolute Gasteiger partial charge is 0.250 e. The van der Waals surface area contributed by atoms with Crippen LogP contribution in [0.2, 0.25) is 18.1 Å². The summed E-state index contributed by atoms with van der Waals surface area (Å²) in [5.41, 5.74) is 2.16. The van der Waals surface area contributed by atoms with Crippen molar-refractivity contribution in [3.8, 4) is 17.2 Å². The minimum Gasteiger partial charge on any atom is -0.543 e. The summed E-state index contributed by atoms with van der Waals surface area (Å²) in [5, 5.41) is 0.148. The summed E-state index contributed by atoms with van der Waals surface area (Å²) < 4.78 is 17.1. The van der Waals surface area contributed by atoms with Gasteiger partial charge in [0.25, 0.3) is 0 Å². The second-order valence-corrected chi connectivity index (χ2v) is 12.6. The topological polar surface area (TPSA) is 27.7 Å². The molecule has 2 rings (SSSR count). The summed E-state index contributed by atoms with van der Waals surface area (Å²) >= 11 is 0. The molecule has 2 aromatic rings. The van der Waals surface area contributed by atoms with E-state index in [2.05, 4.69) is 52.1 Å². The molecule has 0 saturated heterocycles. The maximum Gasteiger partial charge on any atom is 0.250 e. The Kier molecular flexibility index (Phi) is 6.19. The second-order valence-electron chi connectivity index (χ2n) is 7.91. The van der Waals surface area contributed by atoms with Gasteiger partial charge in [-0.15, -0.1) is 0 Å². The average Bonchev–Trinajstić information content (AvgIpc) is 2.58. The van der Waals surface area contributed by atoms with E-state index in [0.717, 1.165) is 28.4 Å². The van der Waals surface area contributed by atoms with Crippen LogP contribution in [0.3, 0.4) is 0 Å². The minimum atomic E-state index is -1.90. The van der Waals surface area contributed by atoms with Gasteiger partial charge in [0.05, 0.1) is 14.2 Å². The quantitative estimate of drug-likeness (QED) is 0.444. The molecule has 0 bridgehead atoms. The molecule has 0 radical (unpaired) electrons. The zero-order valence-corrected chi connectivity index (χ0v) is 17.9. The molecule has 0 aromatic heterocycles. The van der Waals surface area contributed by atoms with E-state index in [9.17, 15) is 0 Å². The molecule has 0 saturated carbocycles. The molecule has 2 aromatic carbocycles. The molecule has 0 fully saturated rings. The summed E-state index contributed by atoms with van der Waals surface area (Å²) in [7, 11) is 1.46. The molecule has 0 spiro atoms. The molecule has 26 heavy (non-hydrogen) atoms. The molecule has 0 aliphatic carbocycles. The molecular weight excluding hydrogens is 340 g/mol. The van der Waals surface area contributed by atoms with E-state index in [1.807, 2.05) is 36.4 Å². The Morgan fingerprint density at radius 1 is 0.731 bits per heavy atom. The first kappa shape index (κ1) is 20.1. The van der Waals surface area contributed by atoms with Crippen molar-refractivity contribution >= 4 is 20.5 Å². The fourth-order valence-electron chi connectivity index (χ4n) is 2.22. The van der Waals surface area contributed by atoms with Crippen LogP contribution in [0.15, 0.2) is 42.5 Å². The van der Waals surface area contributed by atoms with Gasteiger partial charge in [0.2, 0.25) is 8.32 Å². The maximum atomic E-state index is 6.44. The fraction of sp³-hybridized carbons (Fsp3) is 0.364. The van der Waals surface area contributed by atoms with Crippen LogP contribution < -0.4 is 13.9 Å². The van der Waals surface area contributed by atoms with Crippen molar-refractivity contribution in [1.29, 1.82) is 0 Å². The van der Waals surface area contributed by atoms with Crippen LogP contribution in [0, 0.1) is 0 Å². The molecule has 0 aliphatic rings. The van der Waals surface area contributed by atoms with E-state index < -0.39 is 8.32 Å². The van der Waals surface area contributed by atoms with E-state index in [1.54, 1.807) is 14.2 Å². The van der Waals surface area contributed by atoms with Gasteiger partial charge in [-0.05, 0) is 53.5 Å². The van der Waals surface area contributed by atoms with E-state index in [0.29, 0.717) is 0 Å². The van der Waals surface area contributed by atoms with Crippen molar-refractivity contribution < 1.29 is 13.9 Å². The zero-order valence-electron chi connectivity index (χ0n) is 16.9. The van der Waals surface area contributed by atoms with Crippen molar-refractivity contribution in [2.45, 2.75) is 38.9 Å². The van der Waals surface area contributed by atoms with Crippen LogP contribution in [0.5, 0.6) is 17.2 Å². The monoisotopic (exact) mass is 370 g/mol. The highest BCUT2D eigenvalue weighted by molar-refractivity contribution is 6.74. The molecule has 0 atom stereocenters. The first-order chi connectivity index (χ1) is 12.1. The third-order valence-electron chi connectivity index (χ3n) is 4.90. The van der Waals surface area contributed by atoms with Gasteiger partial charge < -0.3 is 13.9 Å². The maximum absolute atomic E-state index is 6.44. The van der Waals surface area contributed by atoms with Gasteiger partial charge in [-0.2, -0.15) is 0 Å². The normalized spacial score (nSPS) is 12.3. The van der Waals surface area contributed by atoms with Crippen LogP contribution in [-0.2, 0) is 0 Å². The molecule has 4 heteroatoms. The number of ether oxygens (including phenoxy) is 2. The van der Waals surface area contributed by atoms with Crippen molar-refractivity contribution in [1.82, 2.24) is 0 Å². The standard InChI is InChI=1S/C22H30O3Si/c1-22(2,3)26(6,7)25-21-15-18(14-20(16-21)24-5)9-8-17-10-12-19(23-4)13-11-17/h8-16H,1-7H3/b9-8+. The molecule has 3 nitrogen and oxygen atoms in total. The van der Waals surface area contributed by atoms with Crippen LogP contribution in [0.25, 0.3) is 12.2 Å². The van der Waals surface area contributed by atoms with Crippen LogP contribution in [0.4, 0.5) is 0 Å². The SMILES string of the molecule is COc1ccc(/C=C/c2cc(OC)cc(O[Si](C)(C)C(C)(C)C)c2)cc1. The molecule has 0 aliphatic heterocycles. The fourth-order valence-corrected chi connectivity index (χ4v) is 3.24. The van der Waals surface area contributed by atoms with Crippen molar-refractivity contribution in [3.63, 3.8) is 0 Å². The summed E-state index contributed by atoms with van der Waals surface area (Å²) in [6.07, 6.45) is 4.15. The molecule has 0 N–H and O–H groups in total. The van der Waals surface area contributed by atoms with Crippen LogP contribution in [0.1, 0.15) is 31.9 Å². The van der Waals surface area contributed by atoms with E-state index in [-0.39, 0.29) is 5.04 Å². The Hall–Kier alpha value is -2.20. The van der Waals surface area contributed by atoms with Crippen molar-refractivity contribution in [2.24, 2.45) is 0 Å². The minimum absolute atomic E-state index is 0.148. The summed E-state index contributed by atoms with van der Waals surface area (Å²) in [6, 6.07) is 14.0. The van der Waals surface area contributed by atoms with Crippen LogP contribution >= 0.6 is 0 Å². The predicted octanol–water partition coefficient (Wildman–Crippen LogP) is 6.26. The molecular formula is C22H30O3Si. The highest BCUT2D eigenvalue weighted by Gasteiger charge is 2.39. The Bertz CT molecular complexity index is 756. The highest BCUT2D eigenvalue weighted by Crippen LogP contribution is 2.38. The number of methoxy groups -OCH3 is 2. The van der Waals surface area contributed by atoms with E-state index >= 15 is 0 Å². The van der Waals surface area contributed by atoms with Gasteiger partial charge in [-0.25, -0.2) is 0 Å². The molecule has 0 unspecified atom stereocenters. The molecule has 140 valence electrons. The summed E-state index contributed by atoms with van der Waals surface area (Å²) in [6.45, 7) is 11.2. The Morgan fingerprint density at radius 2 is 1.27 bits per heavy atom. The molecule has 0 amide bonds. The van der Waals surface area contributed by atoms with Gasteiger partial charge in [0.1, 0.15) is 17.2 Å². The van der Waals surface area contributed by atoms with Crippen molar-refractivity contribution in [3.05, 3.63) is 53.6 Å². The number of hydrogen-bond donors (Lipinski definition) is 0. The third kappa shape index (κ3) is 5.15. The molecule has 0 heterocycles. The van der Waals surface area contributed by atoms with Gasteiger partial charge in [-0.3, -0.25) is 0 Å². The number of hydrogen-bond acceptors (Lipinski definition) is 3. The first-order valence-corrected chi connectivity index (χ1v) is 11.8. The van der Waals surface area contributed by atoms with Gasteiger partial charge in [0.15, 0.2) is 0 Å². The lowest BCUT2D eigenvalue weighted by molar-refractivity contribution is 0.410. The lowest BCUT2D eigenvalue weighted by atomic mass is 10.1.